The van der Waals surface area contributed by atoms with Crippen molar-refractivity contribution in [3.8, 4) is 0 Å². The van der Waals surface area contributed by atoms with Gasteiger partial charge in [-0.05, 0) is 12.8 Å². The molecule has 2 aliphatic rings. The van der Waals surface area contributed by atoms with Gasteiger partial charge in [-0.2, -0.15) is 0 Å². The maximum atomic E-state index is 5.20. The number of thiazole rings is 1. The number of hydrogen-bond acceptors (Lipinski definition) is 5. The third-order valence-corrected chi connectivity index (χ3v) is 5.10. The number of methoxy groups -OCH3 is 1. The molecular formula is C13H21N3OS. The molecule has 1 spiro atoms. The SMILES string of the molecule is COCCN1CCC12CCN(Cc1nccs1)C2. The van der Waals surface area contributed by atoms with Gasteiger partial charge in [0, 0.05) is 50.4 Å². The lowest BCUT2D eigenvalue weighted by atomic mass is 9.84. The van der Waals surface area contributed by atoms with Crippen LogP contribution in [0.1, 0.15) is 17.8 Å². The van der Waals surface area contributed by atoms with Crippen molar-refractivity contribution in [2.45, 2.75) is 24.9 Å². The van der Waals surface area contributed by atoms with Gasteiger partial charge in [-0.15, -0.1) is 11.3 Å². The van der Waals surface area contributed by atoms with Crippen LogP contribution in [0.5, 0.6) is 0 Å². The Morgan fingerprint density at radius 1 is 1.44 bits per heavy atom. The lowest BCUT2D eigenvalue weighted by Gasteiger charge is -2.51. The number of aromatic nitrogens is 1. The molecule has 1 aromatic rings. The number of nitrogens with zero attached hydrogens (tertiary/aromatic N) is 3. The quantitative estimate of drug-likeness (QED) is 0.807. The third-order valence-electron chi connectivity index (χ3n) is 4.34. The van der Waals surface area contributed by atoms with Gasteiger partial charge in [0.05, 0.1) is 13.2 Å². The summed E-state index contributed by atoms with van der Waals surface area (Å²) in [5, 5.41) is 3.31. The lowest BCUT2D eigenvalue weighted by Crippen LogP contribution is -2.61. The number of rotatable bonds is 5. The Kier molecular flexibility index (Phi) is 3.66. The molecular weight excluding hydrogens is 246 g/mol. The number of likely N-dealkylation sites (tertiary alicyclic amines) is 2. The van der Waals surface area contributed by atoms with Gasteiger partial charge in [0.1, 0.15) is 5.01 Å². The van der Waals surface area contributed by atoms with E-state index < -0.39 is 0 Å². The molecule has 0 aromatic carbocycles. The van der Waals surface area contributed by atoms with Gasteiger partial charge in [-0.1, -0.05) is 0 Å². The highest BCUT2D eigenvalue weighted by Gasteiger charge is 2.48. The Morgan fingerprint density at radius 3 is 3.00 bits per heavy atom. The molecule has 1 atom stereocenters. The Labute approximate surface area is 113 Å². The van der Waals surface area contributed by atoms with Crippen LogP contribution in [0.2, 0.25) is 0 Å². The van der Waals surface area contributed by atoms with Crippen molar-refractivity contribution in [2.75, 3.05) is 39.9 Å². The van der Waals surface area contributed by atoms with Crippen molar-refractivity contribution in [1.82, 2.24) is 14.8 Å². The monoisotopic (exact) mass is 267 g/mol. The first-order valence-corrected chi connectivity index (χ1v) is 7.55. The first kappa shape index (κ1) is 12.5. The zero-order valence-electron chi connectivity index (χ0n) is 11.0. The van der Waals surface area contributed by atoms with E-state index in [2.05, 4.69) is 20.2 Å². The average molecular weight is 267 g/mol. The summed E-state index contributed by atoms with van der Waals surface area (Å²) in [6.45, 7) is 6.63. The fraction of sp³-hybridized carbons (Fsp3) is 0.769. The molecule has 0 amide bonds. The Hall–Kier alpha value is -0.490. The van der Waals surface area contributed by atoms with Crippen molar-refractivity contribution >= 4 is 11.3 Å². The largest absolute Gasteiger partial charge is 0.383 e. The molecule has 5 heteroatoms. The summed E-state index contributed by atoms with van der Waals surface area (Å²) in [4.78, 5) is 9.55. The average Bonchev–Trinajstić information content (AvgIpc) is 2.99. The molecule has 2 saturated heterocycles. The second-order valence-corrected chi connectivity index (χ2v) is 6.32. The van der Waals surface area contributed by atoms with E-state index in [9.17, 15) is 0 Å². The minimum Gasteiger partial charge on any atom is -0.383 e. The van der Waals surface area contributed by atoms with Crippen LogP contribution in [0.25, 0.3) is 0 Å². The maximum absolute atomic E-state index is 5.20. The van der Waals surface area contributed by atoms with Crippen molar-refractivity contribution in [3.63, 3.8) is 0 Å². The maximum Gasteiger partial charge on any atom is 0.107 e. The van der Waals surface area contributed by atoms with Crippen molar-refractivity contribution in [1.29, 1.82) is 0 Å². The molecule has 1 aromatic heterocycles. The highest BCUT2D eigenvalue weighted by atomic mass is 32.1. The highest BCUT2D eigenvalue weighted by Crippen LogP contribution is 2.39. The number of hydrogen-bond donors (Lipinski definition) is 0. The van der Waals surface area contributed by atoms with Crippen LogP contribution in [-0.2, 0) is 11.3 Å². The van der Waals surface area contributed by atoms with Gasteiger partial charge in [0.2, 0.25) is 0 Å². The molecule has 2 fully saturated rings. The van der Waals surface area contributed by atoms with Crippen LogP contribution in [0.15, 0.2) is 11.6 Å². The van der Waals surface area contributed by atoms with Crippen LogP contribution in [0.4, 0.5) is 0 Å². The minimum absolute atomic E-state index is 0.454. The molecule has 100 valence electrons. The molecule has 0 aliphatic carbocycles. The van der Waals surface area contributed by atoms with E-state index in [1.807, 2.05) is 6.20 Å². The Bertz CT molecular complexity index is 384. The third kappa shape index (κ3) is 2.32. The zero-order chi connectivity index (χ0) is 12.4. The first-order chi connectivity index (χ1) is 8.82. The summed E-state index contributed by atoms with van der Waals surface area (Å²) >= 11 is 1.76. The molecule has 0 saturated carbocycles. The fourth-order valence-corrected chi connectivity index (χ4v) is 3.85. The van der Waals surface area contributed by atoms with E-state index in [1.165, 1.54) is 37.5 Å². The molecule has 0 N–H and O–H groups in total. The molecule has 0 bridgehead atoms. The van der Waals surface area contributed by atoms with Crippen molar-refractivity contribution in [3.05, 3.63) is 16.6 Å². The van der Waals surface area contributed by atoms with Crippen LogP contribution in [-0.4, -0.2) is 60.2 Å². The van der Waals surface area contributed by atoms with Gasteiger partial charge >= 0.3 is 0 Å². The van der Waals surface area contributed by atoms with Crippen LogP contribution in [0.3, 0.4) is 0 Å². The second kappa shape index (κ2) is 5.25. The van der Waals surface area contributed by atoms with Crippen molar-refractivity contribution < 1.29 is 4.74 Å². The standard InChI is InChI=1S/C13H21N3OS/c1-17-8-7-16-6-3-13(16)2-5-15(11-13)10-12-14-4-9-18-12/h4,9H,2-3,5-8,10-11H2,1H3. The van der Waals surface area contributed by atoms with E-state index in [0.29, 0.717) is 5.54 Å². The molecule has 2 aliphatic heterocycles. The molecule has 4 nitrogen and oxygen atoms in total. The smallest absolute Gasteiger partial charge is 0.107 e. The molecule has 3 rings (SSSR count). The van der Waals surface area contributed by atoms with Gasteiger partial charge in [0.25, 0.3) is 0 Å². The van der Waals surface area contributed by atoms with E-state index in [0.717, 1.165) is 19.7 Å². The summed E-state index contributed by atoms with van der Waals surface area (Å²) < 4.78 is 5.20. The molecule has 3 heterocycles. The first-order valence-electron chi connectivity index (χ1n) is 6.67. The minimum atomic E-state index is 0.454. The van der Waals surface area contributed by atoms with Gasteiger partial charge in [0.15, 0.2) is 0 Å². The summed E-state index contributed by atoms with van der Waals surface area (Å²) in [6, 6.07) is 0. The van der Waals surface area contributed by atoms with E-state index >= 15 is 0 Å². The summed E-state index contributed by atoms with van der Waals surface area (Å²) in [7, 11) is 1.79. The van der Waals surface area contributed by atoms with E-state index in [1.54, 1.807) is 18.4 Å². The lowest BCUT2D eigenvalue weighted by molar-refractivity contribution is -0.0227. The molecule has 18 heavy (non-hydrogen) atoms. The van der Waals surface area contributed by atoms with Gasteiger partial charge in [-0.25, -0.2) is 4.98 Å². The van der Waals surface area contributed by atoms with Gasteiger partial charge in [-0.3, -0.25) is 9.80 Å². The summed E-state index contributed by atoms with van der Waals surface area (Å²) in [5.41, 5.74) is 0.454. The van der Waals surface area contributed by atoms with Crippen molar-refractivity contribution in [2.24, 2.45) is 0 Å². The number of ether oxygens (including phenoxy) is 1. The Balaban J connectivity index is 1.54. The Morgan fingerprint density at radius 2 is 2.33 bits per heavy atom. The van der Waals surface area contributed by atoms with Gasteiger partial charge < -0.3 is 4.74 Å². The van der Waals surface area contributed by atoms with E-state index in [4.69, 9.17) is 4.74 Å². The van der Waals surface area contributed by atoms with Crippen LogP contribution in [0, 0.1) is 0 Å². The van der Waals surface area contributed by atoms with Crippen LogP contribution >= 0.6 is 11.3 Å². The topological polar surface area (TPSA) is 28.6 Å². The predicted octanol–water partition coefficient (Wildman–Crippen LogP) is 1.44. The second-order valence-electron chi connectivity index (χ2n) is 5.34. The molecule has 0 radical (unpaired) electrons. The molecule has 1 unspecified atom stereocenters. The zero-order valence-corrected chi connectivity index (χ0v) is 11.8. The summed E-state index contributed by atoms with van der Waals surface area (Å²) in [6.07, 6.45) is 4.56. The fourth-order valence-electron chi connectivity index (χ4n) is 3.20. The van der Waals surface area contributed by atoms with Crippen LogP contribution < -0.4 is 0 Å². The predicted molar refractivity (Wildman–Crippen MR) is 72.8 cm³/mol. The summed E-state index contributed by atoms with van der Waals surface area (Å²) in [5.74, 6) is 0. The normalized spacial score (nSPS) is 28.9. The van der Waals surface area contributed by atoms with E-state index in [-0.39, 0.29) is 0 Å². The highest BCUT2D eigenvalue weighted by molar-refractivity contribution is 7.09.